The molecule has 3 N–H and O–H groups in total. The van der Waals surface area contributed by atoms with E-state index in [1.807, 2.05) is 0 Å². The second-order valence-electron chi connectivity index (χ2n) is 8.05. The molecule has 0 radical (unpaired) electrons. The summed E-state index contributed by atoms with van der Waals surface area (Å²) in [5, 5.41) is 11.6. The third kappa shape index (κ3) is 4.51. The first-order valence-electron chi connectivity index (χ1n) is 10.5. The molecule has 2 amide bonds. The number of hydrogen-bond acceptors (Lipinski definition) is 4. The summed E-state index contributed by atoms with van der Waals surface area (Å²) >= 11 is 6.28. The maximum absolute atomic E-state index is 14.1. The number of alkyl halides is 3. The summed E-state index contributed by atoms with van der Waals surface area (Å²) < 4.78 is 67.4. The summed E-state index contributed by atoms with van der Waals surface area (Å²) in [4.78, 5) is 30.2. The van der Waals surface area contributed by atoms with Crippen LogP contribution in [0.4, 0.5) is 27.6 Å². The van der Waals surface area contributed by atoms with E-state index < -0.39 is 46.8 Å². The van der Waals surface area contributed by atoms with E-state index in [0.29, 0.717) is 17.7 Å². The van der Waals surface area contributed by atoms with Gasteiger partial charge in [-0.25, -0.2) is 8.78 Å². The molecule has 0 aliphatic carbocycles. The quantitative estimate of drug-likeness (QED) is 0.301. The highest BCUT2D eigenvalue weighted by atomic mass is 35.5. The Morgan fingerprint density at radius 3 is 2.54 bits per heavy atom. The standard InChI is InChI=1S/C24H13ClF5N5O2/c25-16-2-1-13(26)6-15(16)21-18-17(9-31-20(11-7-32-33-8-11)19(18)23(37)35-21)34-22(36)10-3-12(24(28,29)30)5-14(27)4-10/h1-9,21H,(H,32,33)(H,34,36)(H,35,37). The fraction of sp³-hybridized carbons (Fsp3) is 0.0833. The number of aromatic amines is 1. The van der Waals surface area contributed by atoms with Gasteiger partial charge in [-0.05, 0) is 36.4 Å². The number of anilines is 1. The van der Waals surface area contributed by atoms with Crippen LogP contribution >= 0.6 is 11.6 Å². The fourth-order valence-electron chi connectivity index (χ4n) is 4.08. The Bertz CT molecular complexity index is 1560. The zero-order chi connectivity index (χ0) is 26.5. The molecular weight excluding hydrogens is 521 g/mol. The van der Waals surface area contributed by atoms with E-state index in [-0.39, 0.29) is 39.2 Å². The van der Waals surface area contributed by atoms with Crippen LogP contribution in [0.25, 0.3) is 11.3 Å². The van der Waals surface area contributed by atoms with E-state index in [1.165, 1.54) is 24.7 Å². The summed E-state index contributed by atoms with van der Waals surface area (Å²) in [7, 11) is 0. The van der Waals surface area contributed by atoms with Crippen molar-refractivity contribution >= 4 is 29.1 Å². The Morgan fingerprint density at radius 1 is 1.05 bits per heavy atom. The summed E-state index contributed by atoms with van der Waals surface area (Å²) in [6, 6.07) is 3.87. The highest BCUT2D eigenvalue weighted by Gasteiger charge is 2.38. The van der Waals surface area contributed by atoms with E-state index in [4.69, 9.17) is 11.6 Å². The molecule has 1 unspecified atom stereocenters. The Labute approximate surface area is 209 Å². The molecule has 0 bridgehead atoms. The van der Waals surface area contributed by atoms with Crippen molar-refractivity contribution in [2.45, 2.75) is 12.2 Å². The molecule has 5 rings (SSSR count). The summed E-state index contributed by atoms with van der Waals surface area (Å²) in [5.41, 5.74) is -1.11. The molecule has 2 aromatic carbocycles. The number of carbonyl (C=O) groups is 2. The summed E-state index contributed by atoms with van der Waals surface area (Å²) in [5.74, 6) is -3.62. The first-order valence-corrected chi connectivity index (χ1v) is 10.9. The molecule has 2 aromatic heterocycles. The van der Waals surface area contributed by atoms with Crippen LogP contribution in [0.2, 0.25) is 5.02 Å². The average Bonchev–Trinajstić information content (AvgIpc) is 3.49. The van der Waals surface area contributed by atoms with Crippen LogP contribution in [0.1, 0.15) is 43.4 Å². The number of aromatic nitrogens is 3. The van der Waals surface area contributed by atoms with Crippen LogP contribution in [0.5, 0.6) is 0 Å². The summed E-state index contributed by atoms with van der Waals surface area (Å²) in [6.07, 6.45) is -0.824. The van der Waals surface area contributed by atoms with Crippen molar-refractivity contribution in [2.24, 2.45) is 0 Å². The van der Waals surface area contributed by atoms with E-state index >= 15 is 0 Å². The van der Waals surface area contributed by atoms with Gasteiger partial charge in [0.15, 0.2) is 0 Å². The number of amides is 2. The first kappa shape index (κ1) is 24.4. The Hall–Kier alpha value is -4.32. The van der Waals surface area contributed by atoms with Gasteiger partial charge in [-0.15, -0.1) is 0 Å². The van der Waals surface area contributed by atoms with Gasteiger partial charge in [-0.1, -0.05) is 11.6 Å². The number of fused-ring (bicyclic) bond motifs is 1. The maximum atomic E-state index is 14.1. The zero-order valence-corrected chi connectivity index (χ0v) is 19.0. The Morgan fingerprint density at radius 2 is 1.84 bits per heavy atom. The maximum Gasteiger partial charge on any atom is 0.416 e. The van der Waals surface area contributed by atoms with Crippen molar-refractivity contribution in [3.8, 4) is 11.3 Å². The minimum atomic E-state index is -4.89. The Balaban J connectivity index is 1.64. The molecule has 0 fully saturated rings. The molecule has 4 aromatic rings. The number of nitrogens with zero attached hydrogens (tertiary/aromatic N) is 2. The highest BCUT2D eigenvalue weighted by Crippen LogP contribution is 2.42. The highest BCUT2D eigenvalue weighted by molar-refractivity contribution is 6.31. The van der Waals surface area contributed by atoms with Gasteiger partial charge in [-0.2, -0.15) is 18.3 Å². The largest absolute Gasteiger partial charge is 0.416 e. The molecule has 7 nitrogen and oxygen atoms in total. The van der Waals surface area contributed by atoms with E-state index in [2.05, 4.69) is 25.8 Å². The molecule has 1 aliphatic heterocycles. The van der Waals surface area contributed by atoms with Gasteiger partial charge in [0.1, 0.15) is 11.6 Å². The van der Waals surface area contributed by atoms with Crippen LogP contribution in [0, 0.1) is 11.6 Å². The number of H-pyrrole nitrogens is 1. The number of pyridine rings is 1. The molecule has 37 heavy (non-hydrogen) atoms. The van der Waals surface area contributed by atoms with Crippen molar-refractivity contribution in [1.29, 1.82) is 0 Å². The lowest BCUT2D eigenvalue weighted by atomic mass is 9.95. The minimum absolute atomic E-state index is 0.0137. The Kier molecular flexibility index (Phi) is 5.91. The fourth-order valence-corrected chi connectivity index (χ4v) is 4.30. The molecule has 188 valence electrons. The lowest BCUT2D eigenvalue weighted by Gasteiger charge is -2.18. The number of rotatable bonds is 4. The number of hydrogen-bond donors (Lipinski definition) is 3. The predicted octanol–water partition coefficient (Wildman–Crippen LogP) is 5.51. The molecule has 13 heteroatoms. The predicted molar refractivity (Wildman–Crippen MR) is 122 cm³/mol. The van der Waals surface area contributed by atoms with Crippen LogP contribution < -0.4 is 10.6 Å². The first-order chi connectivity index (χ1) is 17.5. The lowest BCUT2D eigenvalue weighted by Crippen LogP contribution is -2.21. The number of halogens is 6. The molecule has 0 saturated heterocycles. The molecule has 1 atom stereocenters. The number of carbonyl (C=O) groups excluding carboxylic acids is 2. The third-order valence-corrected chi connectivity index (χ3v) is 6.03. The van der Waals surface area contributed by atoms with Crippen LogP contribution in [0.15, 0.2) is 55.0 Å². The van der Waals surface area contributed by atoms with Gasteiger partial charge >= 0.3 is 6.18 Å². The monoisotopic (exact) mass is 533 g/mol. The SMILES string of the molecule is O=C(Nc1cnc(-c2cn[nH]c2)c2c1C(c1cc(F)ccc1Cl)NC2=O)c1cc(F)cc(C(F)(F)F)c1. The van der Waals surface area contributed by atoms with Gasteiger partial charge in [0, 0.05) is 33.5 Å². The van der Waals surface area contributed by atoms with Crippen molar-refractivity contribution in [2.75, 3.05) is 5.32 Å². The number of benzene rings is 2. The van der Waals surface area contributed by atoms with Gasteiger partial charge < -0.3 is 10.6 Å². The lowest BCUT2D eigenvalue weighted by molar-refractivity contribution is -0.137. The summed E-state index contributed by atoms with van der Waals surface area (Å²) in [6.45, 7) is 0. The van der Waals surface area contributed by atoms with E-state index in [9.17, 15) is 31.5 Å². The van der Waals surface area contributed by atoms with Gasteiger partial charge in [0.05, 0.1) is 40.9 Å². The van der Waals surface area contributed by atoms with Crippen molar-refractivity contribution in [3.05, 3.63) is 99.5 Å². The van der Waals surface area contributed by atoms with Crippen LogP contribution in [-0.2, 0) is 6.18 Å². The van der Waals surface area contributed by atoms with E-state index in [1.54, 1.807) is 0 Å². The molecular formula is C24H13ClF5N5O2. The second-order valence-corrected chi connectivity index (χ2v) is 8.46. The van der Waals surface area contributed by atoms with Gasteiger partial charge in [0.25, 0.3) is 11.8 Å². The molecule has 0 saturated carbocycles. The third-order valence-electron chi connectivity index (χ3n) is 5.69. The molecule has 0 spiro atoms. The van der Waals surface area contributed by atoms with Crippen molar-refractivity contribution in [3.63, 3.8) is 0 Å². The molecule has 1 aliphatic rings. The van der Waals surface area contributed by atoms with E-state index in [0.717, 1.165) is 12.1 Å². The van der Waals surface area contributed by atoms with Crippen molar-refractivity contribution < 1.29 is 31.5 Å². The van der Waals surface area contributed by atoms with Crippen LogP contribution in [0.3, 0.4) is 0 Å². The second kappa shape index (κ2) is 8.96. The van der Waals surface area contributed by atoms with Gasteiger partial charge in [0.2, 0.25) is 0 Å². The number of nitrogens with one attached hydrogen (secondary N) is 3. The van der Waals surface area contributed by atoms with Gasteiger partial charge in [-0.3, -0.25) is 19.7 Å². The zero-order valence-electron chi connectivity index (χ0n) is 18.3. The average molecular weight is 534 g/mol. The smallest absolute Gasteiger partial charge is 0.341 e. The van der Waals surface area contributed by atoms with Crippen molar-refractivity contribution in [1.82, 2.24) is 20.5 Å². The molecule has 3 heterocycles. The minimum Gasteiger partial charge on any atom is -0.341 e. The normalized spacial score (nSPS) is 14.9. The van der Waals surface area contributed by atoms with Crippen LogP contribution in [-0.4, -0.2) is 27.0 Å². The topological polar surface area (TPSA) is 99.8 Å².